The summed E-state index contributed by atoms with van der Waals surface area (Å²) in [7, 11) is 1.38. The Morgan fingerprint density at radius 1 is 1.16 bits per heavy atom. The maximum absolute atomic E-state index is 14.0. The summed E-state index contributed by atoms with van der Waals surface area (Å²) < 4.78 is 47.7. The fourth-order valence-electron chi connectivity index (χ4n) is 5.34. The first kappa shape index (κ1) is 29.3. The third-order valence-electron chi connectivity index (χ3n) is 7.44. The zero-order chi connectivity index (χ0) is 31.1. The molecule has 3 amide bonds. The van der Waals surface area contributed by atoms with E-state index in [0.29, 0.717) is 18.9 Å². The van der Waals surface area contributed by atoms with Crippen LogP contribution in [0.1, 0.15) is 52.8 Å². The Bertz CT molecular complexity index is 1690. The van der Waals surface area contributed by atoms with Gasteiger partial charge in [-0.25, -0.2) is 9.59 Å². The summed E-state index contributed by atoms with van der Waals surface area (Å²) in [6.45, 7) is 3.93. The summed E-state index contributed by atoms with van der Waals surface area (Å²) in [5, 5.41) is 17.5. The van der Waals surface area contributed by atoms with Crippen LogP contribution in [-0.4, -0.2) is 62.7 Å². The largest absolute Gasteiger partial charge is 0.463 e. The number of alkyl halides is 3. The van der Waals surface area contributed by atoms with E-state index < -0.39 is 35.7 Å². The van der Waals surface area contributed by atoms with Gasteiger partial charge in [0.05, 0.1) is 47.7 Å². The second kappa shape index (κ2) is 11.2. The van der Waals surface area contributed by atoms with Crippen LogP contribution in [0.2, 0.25) is 0 Å². The van der Waals surface area contributed by atoms with Crippen molar-refractivity contribution in [1.29, 1.82) is 5.26 Å². The van der Waals surface area contributed by atoms with Gasteiger partial charge in [0, 0.05) is 31.4 Å². The van der Waals surface area contributed by atoms with Crippen LogP contribution in [0.25, 0.3) is 0 Å². The maximum atomic E-state index is 14.0. The number of nitriles is 1. The Balaban J connectivity index is 1.66. The van der Waals surface area contributed by atoms with E-state index in [2.05, 4.69) is 10.2 Å². The highest BCUT2D eigenvalue weighted by atomic mass is 19.4. The third kappa shape index (κ3) is 5.29. The Kier molecular flexibility index (Phi) is 7.66. The molecule has 3 aromatic rings. The molecular formula is C29H26F3N7O4. The number of carbonyl (C=O) groups excluding carboxylic acids is 3. The number of amides is 3. The number of aromatic nitrogens is 3. The molecular weight excluding hydrogens is 567 g/mol. The van der Waals surface area contributed by atoms with Gasteiger partial charge in [-0.15, -0.1) is 10.2 Å². The van der Waals surface area contributed by atoms with Crippen molar-refractivity contribution in [2.24, 2.45) is 0 Å². The molecule has 43 heavy (non-hydrogen) atoms. The first-order valence-electron chi connectivity index (χ1n) is 13.3. The molecule has 14 heteroatoms. The second-order valence-electron chi connectivity index (χ2n) is 9.98. The summed E-state index contributed by atoms with van der Waals surface area (Å²) >= 11 is 0. The molecule has 5 rings (SSSR count). The average Bonchev–Trinajstić information content (AvgIpc) is 3.46. The highest BCUT2D eigenvalue weighted by molar-refractivity contribution is 6.04. The van der Waals surface area contributed by atoms with Crippen molar-refractivity contribution in [3.8, 4) is 6.07 Å². The average molecular weight is 594 g/mol. The quantitative estimate of drug-likeness (QED) is 0.405. The fraction of sp³-hybridized carbons (Fsp3) is 0.310. The van der Waals surface area contributed by atoms with Crippen LogP contribution in [0.5, 0.6) is 0 Å². The van der Waals surface area contributed by atoms with E-state index in [1.165, 1.54) is 54.1 Å². The number of likely N-dealkylation sites (N-methyl/N-ethyl adjacent to an activating group) is 1. The molecule has 2 aliphatic heterocycles. The van der Waals surface area contributed by atoms with E-state index in [4.69, 9.17) is 4.74 Å². The molecule has 3 heterocycles. The summed E-state index contributed by atoms with van der Waals surface area (Å²) in [6.07, 6.45) is -3.10. The number of halogens is 3. The Morgan fingerprint density at radius 3 is 2.63 bits per heavy atom. The number of ether oxygens (including phenoxy) is 1. The van der Waals surface area contributed by atoms with Gasteiger partial charge >= 0.3 is 18.2 Å². The summed E-state index contributed by atoms with van der Waals surface area (Å²) in [6, 6.07) is 8.70. The van der Waals surface area contributed by atoms with Crippen molar-refractivity contribution in [1.82, 2.24) is 24.6 Å². The Labute approximate surface area is 244 Å². The number of fused-ring (bicyclic) bond motifs is 1. The zero-order valence-electron chi connectivity index (χ0n) is 23.4. The number of rotatable bonds is 5. The lowest BCUT2D eigenvalue weighted by Crippen LogP contribution is -2.49. The molecule has 0 saturated carbocycles. The molecule has 0 N–H and O–H groups in total. The van der Waals surface area contributed by atoms with E-state index in [-0.39, 0.29) is 46.8 Å². The highest BCUT2D eigenvalue weighted by Crippen LogP contribution is 2.42. The number of anilines is 1. The van der Waals surface area contributed by atoms with Crippen LogP contribution in [-0.2, 0) is 28.8 Å². The molecule has 0 aliphatic carbocycles. The predicted octanol–water partition coefficient (Wildman–Crippen LogP) is 4.27. The first-order chi connectivity index (χ1) is 20.5. The second-order valence-corrected chi connectivity index (χ2v) is 9.98. The third-order valence-corrected chi connectivity index (χ3v) is 7.44. The highest BCUT2D eigenvalue weighted by Gasteiger charge is 2.43. The lowest BCUT2D eigenvalue weighted by atomic mass is 9.88. The standard InChI is InChI=1S/C29H26F3N7O4/c1-4-43-27(41)24-17(2)39(20-7-5-6-19(13-20)29(30,31)32)28(42)36(3)25(24)21-9-8-18(14-33)12-22(21)26(40)37-10-11-38-16-34-35-23(38)15-37/h5-9,12-13,16,25H,4,10-11,15H2,1-3H3. The smallest absolute Gasteiger partial charge is 0.416 e. The van der Waals surface area contributed by atoms with Gasteiger partial charge in [0.25, 0.3) is 5.91 Å². The van der Waals surface area contributed by atoms with Gasteiger partial charge in [-0.05, 0) is 49.7 Å². The Hall–Kier alpha value is -5.19. The molecule has 2 aromatic carbocycles. The number of allylic oxidation sites excluding steroid dienone is 1. The lowest BCUT2D eigenvalue weighted by molar-refractivity contribution is -0.139. The van der Waals surface area contributed by atoms with E-state index in [1.54, 1.807) is 13.3 Å². The molecule has 1 atom stereocenters. The van der Waals surface area contributed by atoms with Crippen molar-refractivity contribution in [3.05, 3.63) is 88.1 Å². The van der Waals surface area contributed by atoms with Crippen molar-refractivity contribution < 1.29 is 32.3 Å². The van der Waals surface area contributed by atoms with Gasteiger partial charge in [-0.3, -0.25) is 9.69 Å². The number of esters is 1. The topological polar surface area (TPSA) is 125 Å². The fourth-order valence-corrected chi connectivity index (χ4v) is 5.34. The minimum atomic E-state index is -4.66. The normalized spacial score (nSPS) is 17.1. The molecule has 0 spiro atoms. The van der Waals surface area contributed by atoms with Gasteiger partial charge in [0.15, 0.2) is 5.82 Å². The molecule has 0 radical (unpaired) electrons. The van der Waals surface area contributed by atoms with Crippen LogP contribution in [0, 0.1) is 11.3 Å². The van der Waals surface area contributed by atoms with Crippen LogP contribution < -0.4 is 4.90 Å². The number of hydrogen-bond donors (Lipinski definition) is 0. The van der Waals surface area contributed by atoms with Crippen LogP contribution in [0.4, 0.5) is 23.7 Å². The van der Waals surface area contributed by atoms with Crippen LogP contribution >= 0.6 is 0 Å². The lowest BCUT2D eigenvalue weighted by Gasteiger charge is -2.41. The zero-order valence-corrected chi connectivity index (χ0v) is 23.4. The van der Waals surface area contributed by atoms with Gasteiger partial charge in [0.2, 0.25) is 0 Å². The molecule has 0 fully saturated rings. The number of benzene rings is 2. The van der Waals surface area contributed by atoms with Gasteiger partial charge < -0.3 is 19.1 Å². The molecule has 0 bridgehead atoms. The maximum Gasteiger partial charge on any atom is 0.416 e. The van der Waals surface area contributed by atoms with Crippen molar-refractivity contribution in [3.63, 3.8) is 0 Å². The minimum absolute atomic E-state index is 0.0167. The molecule has 1 aromatic heterocycles. The molecule has 0 saturated heterocycles. The summed E-state index contributed by atoms with van der Waals surface area (Å²) in [5.74, 6) is -0.694. The molecule has 1 unspecified atom stereocenters. The minimum Gasteiger partial charge on any atom is -0.463 e. The monoisotopic (exact) mass is 593 g/mol. The first-order valence-corrected chi connectivity index (χ1v) is 13.3. The Morgan fingerprint density at radius 2 is 1.93 bits per heavy atom. The van der Waals surface area contributed by atoms with Gasteiger partial charge in [0.1, 0.15) is 6.33 Å². The van der Waals surface area contributed by atoms with Gasteiger partial charge in [-0.2, -0.15) is 18.4 Å². The SMILES string of the molecule is CCOC(=O)C1=C(C)N(c2cccc(C(F)(F)F)c2)C(=O)N(C)C1c1ccc(C#N)cc1C(=O)N1CCn2cnnc2C1. The number of hydrogen-bond acceptors (Lipinski definition) is 7. The molecule has 222 valence electrons. The number of carbonyl (C=O) groups is 3. The predicted molar refractivity (Wildman–Crippen MR) is 145 cm³/mol. The van der Waals surface area contributed by atoms with Crippen molar-refractivity contribution >= 4 is 23.6 Å². The molecule has 11 nitrogen and oxygen atoms in total. The van der Waals surface area contributed by atoms with E-state index in [1.807, 2.05) is 10.6 Å². The number of urea groups is 1. The molecule has 2 aliphatic rings. The van der Waals surface area contributed by atoms with E-state index in [9.17, 15) is 32.8 Å². The van der Waals surface area contributed by atoms with Crippen LogP contribution in [0.3, 0.4) is 0 Å². The van der Waals surface area contributed by atoms with Crippen molar-refractivity contribution in [2.75, 3.05) is 25.1 Å². The summed E-state index contributed by atoms with van der Waals surface area (Å²) in [4.78, 5) is 45.0. The van der Waals surface area contributed by atoms with Crippen molar-refractivity contribution in [2.45, 2.75) is 39.2 Å². The van der Waals surface area contributed by atoms with Crippen LogP contribution in [0.15, 0.2) is 60.1 Å². The summed E-state index contributed by atoms with van der Waals surface area (Å²) in [5.41, 5.74) is -0.556. The number of nitrogens with zero attached hydrogens (tertiary/aromatic N) is 7. The van der Waals surface area contributed by atoms with Gasteiger partial charge in [-0.1, -0.05) is 12.1 Å². The van der Waals surface area contributed by atoms with E-state index >= 15 is 0 Å². The van der Waals surface area contributed by atoms with E-state index in [0.717, 1.165) is 17.0 Å².